The third-order valence-electron chi connectivity index (χ3n) is 3.30. The Morgan fingerprint density at radius 1 is 1.38 bits per heavy atom. The van der Waals surface area contributed by atoms with E-state index in [0.717, 1.165) is 10.4 Å². The zero-order valence-corrected chi connectivity index (χ0v) is 13.2. The van der Waals surface area contributed by atoms with Crippen LogP contribution in [0.3, 0.4) is 0 Å². The van der Waals surface area contributed by atoms with Crippen LogP contribution in [0.2, 0.25) is 0 Å². The quantitative estimate of drug-likeness (QED) is 0.835. The van der Waals surface area contributed by atoms with Crippen molar-refractivity contribution < 1.29 is 9.53 Å². The number of carbonyl (C=O) groups excluding carboxylic acids is 1. The van der Waals surface area contributed by atoms with Crippen LogP contribution in [0.25, 0.3) is 0 Å². The highest BCUT2D eigenvalue weighted by atomic mass is 32.1. The molecule has 21 heavy (non-hydrogen) atoms. The number of anilines is 1. The largest absolute Gasteiger partial charge is 0.399 e. The van der Waals surface area contributed by atoms with E-state index in [1.54, 1.807) is 35.5 Å². The third kappa shape index (κ3) is 4.06. The minimum atomic E-state index is 0.00329. The lowest BCUT2D eigenvalue weighted by Crippen LogP contribution is -2.33. The number of thiophene rings is 1. The molecule has 0 spiro atoms. The topological polar surface area (TPSA) is 55.6 Å². The number of nitrogens with zero attached hydrogens (tertiary/aromatic N) is 1. The summed E-state index contributed by atoms with van der Waals surface area (Å²) in [5.41, 5.74) is 8.10. The number of rotatable bonds is 6. The van der Waals surface area contributed by atoms with Gasteiger partial charge in [-0.15, -0.1) is 11.3 Å². The zero-order chi connectivity index (χ0) is 15.2. The lowest BCUT2D eigenvalue weighted by molar-refractivity contribution is 0.0682. The molecule has 0 aliphatic rings. The third-order valence-corrected chi connectivity index (χ3v) is 4.16. The van der Waals surface area contributed by atoms with Crippen molar-refractivity contribution in [3.63, 3.8) is 0 Å². The Morgan fingerprint density at radius 3 is 2.81 bits per heavy atom. The zero-order valence-electron chi connectivity index (χ0n) is 12.3. The summed E-state index contributed by atoms with van der Waals surface area (Å²) in [6.45, 7) is 3.59. The number of nitrogens with two attached hydrogens (primary N) is 1. The number of amides is 1. The summed E-state index contributed by atoms with van der Waals surface area (Å²) in [6.07, 6.45) is 0. The molecule has 0 aliphatic carbocycles. The van der Waals surface area contributed by atoms with Gasteiger partial charge in [-0.3, -0.25) is 4.79 Å². The van der Waals surface area contributed by atoms with Crippen LogP contribution in [0.1, 0.15) is 20.8 Å². The molecule has 0 atom stereocenters. The molecule has 0 saturated carbocycles. The Morgan fingerprint density at radius 2 is 2.19 bits per heavy atom. The molecule has 0 bridgehead atoms. The monoisotopic (exact) mass is 304 g/mol. The van der Waals surface area contributed by atoms with Crippen LogP contribution in [-0.4, -0.2) is 31.1 Å². The first-order chi connectivity index (χ1) is 10.1. The Hall–Kier alpha value is -1.85. The Kier molecular flexibility index (Phi) is 5.36. The van der Waals surface area contributed by atoms with E-state index in [2.05, 4.69) is 0 Å². The number of methoxy groups -OCH3 is 1. The van der Waals surface area contributed by atoms with Crippen molar-refractivity contribution in [1.29, 1.82) is 0 Å². The molecule has 2 rings (SSSR count). The number of aryl methyl sites for hydroxylation is 1. The normalized spacial score (nSPS) is 10.6. The number of carbonyl (C=O) groups is 1. The van der Waals surface area contributed by atoms with Crippen LogP contribution in [0.4, 0.5) is 5.69 Å². The summed E-state index contributed by atoms with van der Waals surface area (Å²) in [4.78, 5) is 15.6. The fourth-order valence-corrected chi connectivity index (χ4v) is 2.76. The first-order valence-electron chi connectivity index (χ1n) is 6.78. The molecule has 4 nitrogen and oxygen atoms in total. The molecule has 1 amide bonds. The highest BCUT2D eigenvalue weighted by Crippen LogP contribution is 2.17. The highest BCUT2D eigenvalue weighted by Gasteiger charge is 2.17. The summed E-state index contributed by atoms with van der Waals surface area (Å²) in [6, 6.07) is 9.42. The second-order valence-corrected chi connectivity index (χ2v) is 5.90. The highest BCUT2D eigenvalue weighted by molar-refractivity contribution is 7.09. The maximum absolute atomic E-state index is 12.7. The van der Waals surface area contributed by atoms with E-state index >= 15 is 0 Å². The predicted molar refractivity (Wildman–Crippen MR) is 86.5 cm³/mol. The van der Waals surface area contributed by atoms with Gasteiger partial charge in [0.2, 0.25) is 0 Å². The molecule has 112 valence electrons. The van der Waals surface area contributed by atoms with Crippen molar-refractivity contribution in [3.8, 4) is 0 Å². The van der Waals surface area contributed by atoms with Gasteiger partial charge >= 0.3 is 0 Å². The van der Waals surface area contributed by atoms with Gasteiger partial charge < -0.3 is 15.4 Å². The standard InChI is InChI=1S/C16H20N2O2S/c1-12-10-13(5-6-15(12)17)16(19)18(7-8-20-2)11-14-4-3-9-21-14/h3-6,9-10H,7-8,11,17H2,1-2H3. The number of nitrogen functional groups attached to an aromatic ring is 1. The van der Waals surface area contributed by atoms with Crippen molar-refractivity contribution in [2.75, 3.05) is 26.0 Å². The number of benzene rings is 1. The van der Waals surface area contributed by atoms with Crippen LogP contribution in [-0.2, 0) is 11.3 Å². The lowest BCUT2D eigenvalue weighted by atomic mass is 10.1. The molecule has 0 saturated heterocycles. The maximum atomic E-state index is 12.7. The molecular formula is C16H20N2O2S. The minimum Gasteiger partial charge on any atom is -0.399 e. The number of ether oxygens (including phenoxy) is 1. The van der Waals surface area contributed by atoms with E-state index in [1.807, 2.05) is 30.5 Å². The summed E-state index contributed by atoms with van der Waals surface area (Å²) in [5, 5.41) is 2.02. The van der Waals surface area contributed by atoms with E-state index in [1.165, 1.54) is 0 Å². The van der Waals surface area contributed by atoms with E-state index in [4.69, 9.17) is 10.5 Å². The van der Waals surface area contributed by atoms with Gasteiger partial charge in [-0.2, -0.15) is 0 Å². The van der Waals surface area contributed by atoms with Crippen LogP contribution >= 0.6 is 11.3 Å². The smallest absolute Gasteiger partial charge is 0.254 e. The van der Waals surface area contributed by atoms with Crippen LogP contribution in [0.5, 0.6) is 0 Å². The van der Waals surface area contributed by atoms with Gasteiger partial charge in [-0.1, -0.05) is 6.07 Å². The predicted octanol–water partition coefficient (Wildman–Crippen LogP) is 2.93. The summed E-state index contributed by atoms with van der Waals surface area (Å²) in [7, 11) is 1.64. The van der Waals surface area contributed by atoms with Crippen molar-refractivity contribution in [2.24, 2.45) is 0 Å². The molecule has 1 aromatic carbocycles. The second-order valence-electron chi connectivity index (χ2n) is 4.87. The second kappa shape index (κ2) is 7.24. The Bertz CT molecular complexity index is 596. The molecule has 2 aromatic rings. The summed E-state index contributed by atoms with van der Waals surface area (Å²) in [5.74, 6) is 0.00329. The average Bonchev–Trinajstić information content (AvgIpc) is 2.98. The van der Waals surface area contributed by atoms with E-state index < -0.39 is 0 Å². The molecule has 0 fully saturated rings. The first kappa shape index (κ1) is 15.5. The molecule has 0 unspecified atom stereocenters. The SMILES string of the molecule is COCCN(Cc1cccs1)C(=O)c1ccc(N)c(C)c1. The van der Waals surface area contributed by atoms with Crippen molar-refractivity contribution in [2.45, 2.75) is 13.5 Å². The van der Waals surface area contributed by atoms with Crippen molar-refractivity contribution >= 4 is 22.9 Å². The van der Waals surface area contributed by atoms with Crippen LogP contribution in [0.15, 0.2) is 35.7 Å². The molecule has 5 heteroatoms. The van der Waals surface area contributed by atoms with Crippen molar-refractivity contribution in [1.82, 2.24) is 4.90 Å². The van der Waals surface area contributed by atoms with E-state index in [0.29, 0.717) is 30.9 Å². The maximum Gasteiger partial charge on any atom is 0.254 e. The van der Waals surface area contributed by atoms with E-state index in [-0.39, 0.29) is 5.91 Å². The fourth-order valence-electron chi connectivity index (χ4n) is 2.04. The van der Waals surface area contributed by atoms with Gasteiger partial charge in [0.25, 0.3) is 5.91 Å². The van der Waals surface area contributed by atoms with Gasteiger partial charge in [0.15, 0.2) is 0 Å². The Balaban J connectivity index is 2.18. The fraction of sp³-hybridized carbons (Fsp3) is 0.312. The molecule has 0 radical (unpaired) electrons. The molecule has 1 aromatic heterocycles. The molecule has 0 aliphatic heterocycles. The summed E-state index contributed by atoms with van der Waals surface area (Å²) >= 11 is 1.65. The lowest BCUT2D eigenvalue weighted by Gasteiger charge is -2.22. The Labute approximate surface area is 129 Å². The van der Waals surface area contributed by atoms with Gasteiger partial charge in [-0.05, 0) is 42.1 Å². The van der Waals surface area contributed by atoms with Crippen LogP contribution in [0, 0.1) is 6.92 Å². The molecule has 1 heterocycles. The number of hydrogen-bond acceptors (Lipinski definition) is 4. The minimum absolute atomic E-state index is 0.00329. The van der Waals surface area contributed by atoms with Gasteiger partial charge in [0, 0.05) is 29.8 Å². The van der Waals surface area contributed by atoms with Crippen molar-refractivity contribution in [3.05, 3.63) is 51.7 Å². The van der Waals surface area contributed by atoms with Gasteiger partial charge in [0.05, 0.1) is 13.2 Å². The number of hydrogen-bond donors (Lipinski definition) is 1. The summed E-state index contributed by atoms with van der Waals surface area (Å²) < 4.78 is 5.11. The molecule has 2 N–H and O–H groups in total. The van der Waals surface area contributed by atoms with E-state index in [9.17, 15) is 4.79 Å². The van der Waals surface area contributed by atoms with Crippen LogP contribution < -0.4 is 5.73 Å². The first-order valence-corrected chi connectivity index (χ1v) is 7.66. The average molecular weight is 304 g/mol. The van der Waals surface area contributed by atoms with Gasteiger partial charge in [-0.25, -0.2) is 0 Å². The van der Waals surface area contributed by atoms with Gasteiger partial charge in [0.1, 0.15) is 0 Å². The molecular weight excluding hydrogens is 284 g/mol.